The third-order valence-electron chi connectivity index (χ3n) is 3.97. The molecule has 134 valence electrons. The van der Waals surface area contributed by atoms with E-state index in [0.717, 1.165) is 31.6 Å². The molecule has 4 nitrogen and oxygen atoms in total. The van der Waals surface area contributed by atoms with Crippen molar-refractivity contribution < 1.29 is 9.59 Å². The Balaban J connectivity index is 2.40. The van der Waals surface area contributed by atoms with Gasteiger partial charge in [-0.25, -0.2) is 0 Å². The highest BCUT2D eigenvalue weighted by molar-refractivity contribution is 5.91. The van der Waals surface area contributed by atoms with Crippen LogP contribution in [0.25, 0.3) is 0 Å². The number of benzene rings is 1. The lowest BCUT2D eigenvalue weighted by atomic mass is 10.0. The molecule has 1 N–H and O–H groups in total. The summed E-state index contributed by atoms with van der Waals surface area (Å²) < 4.78 is 0. The van der Waals surface area contributed by atoms with Crippen molar-refractivity contribution in [2.45, 2.75) is 65.7 Å². The van der Waals surface area contributed by atoms with E-state index >= 15 is 0 Å². The Morgan fingerprint density at radius 1 is 1.08 bits per heavy atom. The molecule has 2 amide bonds. The van der Waals surface area contributed by atoms with E-state index in [-0.39, 0.29) is 11.8 Å². The summed E-state index contributed by atoms with van der Waals surface area (Å²) in [6.45, 7) is 10.0. The minimum absolute atomic E-state index is 0.0266. The average Bonchev–Trinajstić information content (AvgIpc) is 2.54. The molecule has 0 atom stereocenters. The number of rotatable bonds is 10. The fourth-order valence-corrected chi connectivity index (χ4v) is 2.66. The van der Waals surface area contributed by atoms with Crippen LogP contribution in [-0.4, -0.2) is 29.8 Å². The molecule has 0 spiro atoms. The molecule has 0 aliphatic carbocycles. The van der Waals surface area contributed by atoms with Crippen molar-refractivity contribution in [1.82, 2.24) is 4.90 Å². The van der Waals surface area contributed by atoms with Crippen LogP contribution < -0.4 is 5.32 Å². The Morgan fingerprint density at radius 2 is 1.75 bits per heavy atom. The molecule has 0 radical (unpaired) electrons. The molecule has 0 saturated carbocycles. The van der Waals surface area contributed by atoms with Gasteiger partial charge in [0.05, 0.1) is 0 Å². The van der Waals surface area contributed by atoms with E-state index in [1.165, 1.54) is 5.56 Å². The highest BCUT2D eigenvalue weighted by Crippen LogP contribution is 2.18. The van der Waals surface area contributed by atoms with Gasteiger partial charge in [0.2, 0.25) is 11.8 Å². The van der Waals surface area contributed by atoms with Gasteiger partial charge in [0.1, 0.15) is 0 Å². The van der Waals surface area contributed by atoms with Crippen molar-refractivity contribution in [3.05, 3.63) is 29.8 Å². The first-order chi connectivity index (χ1) is 11.5. The summed E-state index contributed by atoms with van der Waals surface area (Å²) >= 11 is 0. The van der Waals surface area contributed by atoms with Crippen LogP contribution in [0.5, 0.6) is 0 Å². The number of anilines is 1. The molecule has 0 aliphatic rings. The van der Waals surface area contributed by atoms with Crippen LogP contribution in [0.1, 0.15) is 71.3 Å². The third-order valence-corrected chi connectivity index (χ3v) is 3.97. The minimum Gasteiger partial charge on any atom is -0.343 e. The summed E-state index contributed by atoms with van der Waals surface area (Å²) in [5, 5.41) is 2.93. The predicted octanol–water partition coefficient (Wildman–Crippen LogP) is 4.57. The van der Waals surface area contributed by atoms with Crippen LogP contribution in [0.15, 0.2) is 24.3 Å². The number of nitrogens with zero attached hydrogens (tertiary/aromatic N) is 1. The van der Waals surface area contributed by atoms with Crippen LogP contribution in [-0.2, 0) is 9.59 Å². The summed E-state index contributed by atoms with van der Waals surface area (Å²) in [7, 11) is 0. The van der Waals surface area contributed by atoms with Crippen molar-refractivity contribution in [3.63, 3.8) is 0 Å². The molecule has 1 rings (SSSR count). The standard InChI is InChI=1S/C20H32N2O2/c1-5-13-22(14-6-2)20(24)12-8-11-19(23)21-18-10-7-9-17(15-18)16(3)4/h7,9-10,15-16H,5-6,8,11-14H2,1-4H3,(H,21,23). The lowest BCUT2D eigenvalue weighted by Gasteiger charge is -2.21. The van der Waals surface area contributed by atoms with Crippen molar-refractivity contribution in [2.75, 3.05) is 18.4 Å². The summed E-state index contributed by atoms with van der Waals surface area (Å²) in [6, 6.07) is 7.94. The Hall–Kier alpha value is -1.84. The fourth-order valence-electron chi connectivity index (χ4n) is 2.66. The first kappa shape index (κ1) is 20.2. The SMILES string of the molecule is CCCN(CCC)C(=O)CCCC(=O)Nc1cccc(C(C)C)c1. The molecular formula is C20H32N2O2. The zero-order chi connectivity index (χ0) is 17.9. The number of hydrogen-bond acceptors (Lipinski definition) is 2. The van der Waals surface area contributed by atoms with Crippen molar-refractivity contribution >= 4 is 17.5 Å². The summed E-state index contributed by atoms with van der Waals surface area (Å²) in [4.78, 5) is 26.1. The van der Waals surface area contributed by atoms with Crippen LogP contribution in [0.4, 0.5) is 5.69 Å². The lowest BCUT2D eigenvalue weighted by Crippen LogP contribution is -2.32. The quantitative estimate of drug-likeness (QED) is 0.682. The molecule has 4 heteroatoms. The van der Waals surface area contributed by atoms with Crippen molar-refractivity contribution in [2.24, 2.45) is 0 Å². The molecule has 0 saturated heterocycles. The van der Waals surface area contributed by atoms with Crippen LogP contribution in [0.3, 0.4) is 0 Å². The van der Waals surface area contributed by atoms with E-state index < -0.39 is 0 Å². The van der Waals surface area contributed by atoms with Gasteiger partial charge in [0.25, 0.3) is 0 Å². The number of carbonyl (C=O) groups excluding carboxylic acids is 2. The predicted molar refractivity (Wildman–Crippen MR) is 100 cm³/mol. The van der Waals surface area contributed by atoms with Gasteiger partial charge in [0.15, 0.2) is 0 Å². The molecule has 1 aromatic rings. The van der Waals surface area contributed by atoms with Crippen LogP contribution in [0.2, 0.25) is 0 Å². The number of nitrogens with one attached hydrogen (secondary N) is 1. The number of carbonyl (C=O) groups is 2. The van der Waals surface area contributed by atoms with E-state index in [4.69, 9.17) is 0 Å². The maximum Gasteiger partial charge on any atom is 0.224 e. The van der Waals surface area contributed by atoms with Gasteiger partial charge >= 0.3 is 0 Å². The largest absolute Gasteiger partial charge is 0.343 e. The minimum atomic E-state index is -0.0266. The Morgan fingerprint density at radius 3 is 2.33 bits per heavy atom. The second-order valence-corrected chi connectivity index (χ2v) is 6.56. The molecule has 0 aromatic heterocycles. The monoisotopic (exact) mass is 332 g/mol. The smallest absolute Gasteiger partial charge is 0.224 e. The molecule has 0 bridgehead atoms. The maximum absolute atomic E-state index is 12.2. The number of amides is 2. The van der Waals surface area contributed by atoms with Gasteiger partial charge in [-0.05, 0) is 42.9 Å². The van der Waals surface area contributed by atoms with Gasteiger partial charge < -0.3 is 10.2 Å². The van der Waals surface area contributed by atoms with E-state index in [1.807, 2.05) is 23.1 Å². The van der Waals surface area contributed by atoms with E-state index in [0.29, 0.717) is 25.2 Å². The van der Waals surface area contributed by atoms with Gasteiger partial charge in [0, 0.05) is 31.6 Å². The van der Waals surface area contributed by atoms with E-state index in [2.05, 4.69) is 39.1 Å². The Kier molecular flexibility index (Phi) is 9.13. The highest BCUT2D eigenvalue weighted by atomic mass is 16.2. The van der Waals surface area contributed by atoms with Gasteiger partial charge in [-0.1, -0.05) is 39.8 Å². The molecule has 24 heavy (non-hydrogen) atoms. The summed E-state index contributed by atoms with van der Waals surface area (Å²) in [5.41, 5.74) is 2.04. The second-order valence-electron chi connectivity index (χ2n) is 6.56. The third kappa shape index (κ3) is 7.16. The zero-order valence-electron chi connectivity index (χ0n) is 15.6. The Labute approximate surface area is 146 Å². The zero-order valence-corrected chi connectivity index (χ0v) is 15.6. The van der Waals surface area contributed by atoms with Crippen molar-refractivity contribution in [3.8, 4) is 0 Å². The van der Waals surface area contributed by atoms with E-state index in [1.54, 1.807) is 0 Å². The first-order valence-electron chi connectivity index (χ1n) is 9.15. The first-order valence-corrected chi connectivity index (χ1v) is 9.15. The molecule has 0 unspecified atom stereocenters. The molecular weight excluding hydrogens is 300 g/mol. The molecule has 0 heterocycles. The Bertz CT molecular complexity index is 520. The van der Waals surface area contributed by atoms with Crippen molar-refractivity contribution in [1.29, 1.82) is 0 Å². The van der Waals surface area contributed by atoms with Crippen LogP contribution >= 0.6 is 0 Å². The van der Waals surface area contributed by atoms with Gasteiger partial charge in [-0.15, -0.1) is 0 Å². The normalized spacial score (nSPS) is 10.7. The fraction of sp³-hybridized carbons (Fsp3) is 0.600. The van der Waals surface area contributed by atoms with E-state index in [9.17, 15) is 9.59 Å². The molecule has 0 aliphatic heterocycles. The number of hydrogen-bond donors (Lipinski definition) is 1. The highest BCUT2D eigenvalue weighted by Gasteiger charge is 2.12. The average molecular weight is 332 g/mol. The van der Waals surface area contributed by atoms with Crippen LogP contribution in [0, 0.1) is 0 Å². The topological polar surface area (TPSA) is 49.4 Å². The van der Waals surface area contributed by atoms with Gasteiger partial charge in [-0.3, -0.25) is 9.59 Å². The molecule has 0 fully saturated rings. The second kappa shape index (κ2) is 10.8. The summed E-state index contributed by atoms with van der Waals surface area (Å²) in [6.07, 6.45) is 3.36. The molecule has 1 aromatic carbocycles. The lowest BCUT2D eigenvalue weighted by molar-refractivity contribution is -0.131. The maximum atomic E-state index is 12.2. The summed E-state index contributed by atoms with van der Waals surface area (Å²) in [5.74, 6) is 0.567. The van der Waals surface area contributed by atoms with Gasteiger partial charge in [-0.2, -0.15) is 0 Å².